The van der Waals surface area contributed by atoms with Gasteiger partial charge in [0.1, 0.15) is 0 Å². The standard InChI is InChI=1S/C9H15N3O.ClH/c1-2-8-11-12-9(13-8)7-5-3-4-6-10-7;/h7,10H,2-6H2,1H3;1H. The Balaban J connectivity index is 0.000000980. The summed E-state index contributed by atoms with van der Waals surface area (Å²) in [6.45, 7) is 3.08. The molecule has 2 rings (SSSR count). The molecule has 0 aliphatic carbocycles. The van der Waals surface area contributed by atoms with Crippen LogP contribution in [0.3, 0.4) is 0 Å². The smallest absolute Gasteiger partial charge is 0.233 e. The third-order valence-electron chi connectivity index (χ3n) is 2.39. The van der Waals surface area contributed by atoms with E-state index in [4.69, 9.17) is 4.42 Å². The molecule has 0 radical (unpaired) electrons. The molecule has 1 aliphatic heterocycles. The van der Waals surface area contributed by atoms with Crippen LogP contribution in [0.1, 0.15) is 44.0 Å². The van der Waals surface area contributed by atoms with Crippen LogP contribution >= 0.6 is 12.4 Å². The van der Waals surface area contributed by atoms with Crippen molar-refractivity contribution in [2.24, 2.45) is 0 Å². The quantitative estimate of drug-likeness (QED) is 0.822. The van der Waals surface area contributed by atoms with Crippen LogP contribution in [-0.4, -0.2) is 16.7 Å². The molecule has 1 fully saturated rings. The number of halogens is 1. The third-order valence-corrected chi connectivity index (χ3v) is 2.39. The van der Waals surface area contributed by atoms with E-state index in [1.54, 1.807) is 0 Å². The summed E-state index contributed by atoms with van der Waals surface area (Å²) in [6, 6.07) is 0.293. The van der Waals surface area contributed by atoms with Crippen LogP contribution in [0.4, 0.5) is 0 Å². The van der Waals surface area contributed by atoms with Gasteiger partial charge in [-0.25, -0.2) is 0 Å². The van der Waals surface area contributed by atoms with Gasteiger partial charge in [0, 0.05) is 6.42 Å². The van der Waals surface area contributed by atoms with E-state index in [0.29, 0.717) is 6.04 Å². The largest absolute Gasteiger partial charge is 0.424 e. The number of rotatable bonds is 2. The third kappa shape index (κ3) is 2.45. The summed E-state index contributed by atoms with van der Waals surface area (Å²) in [4.78, 5) is 0. The van der Waals surface area contributed by atoms with E-state index >= 15 is 0 Å². The van der Waals surface area contributed by atoms with Crippen LogP contribution in [0.2, 0.25) is 0 Å². The molecule has 1 aliphatic rings. The molecule has 1 atom stereocenters. The highest BCUT2D eigenvalue weighted by molar-refractivity contribution is 5.85. The van der Waals surface area contributed by atoms with Crippen molar-refractivity contribution in [3.05, 3.63) is 11.8 Å². The summed E-state index contributed by atoms with van der Waals surface area (Å²) in [5.41, 5.74) is 0. The normalized spacial score (nSPS) is 21.6. The fraction of sp³-hybridized carbons (Fsp3) is 0.778. The van der Waals surface area contributed by atoms with Crippen molar-refractivity contribution in [3.8, 4) is 0 Å². The van der Waals surface area contributed by atoms with E-state index in [-0.39, 0.29) is 12.4 Å². The summed E-state index contributed by atoms with van der Waals surface area (Å²) in [5, 5.41) is 11.4. The molecule has 0 aromatic carbocycles. The zero-order chi connectivity index (χ0) is 9.10. The number of nitrogens with one attached hydrogen (secondary N) is 1. The summed E-state index contributed by atoms with van der Waals surface area (Å²) >= 11 is 0. The second-order valence-electron chi connectivity index (χ2n) is 3.39. The predicted molar refractivity (Wildman–Crippen MR) is 55.5 cm³/mol. The van der Waals surface area contributed by atoms with Crippen LogP contribution < -0.4 is 5.32 Å². The lowest BCUT2D eigenvalue weighted by Crippen LogP contribution is -2.26. The highest BCUT2D eigenvalue weighted by Gasteiger charge is 2.19. The monoisotopic (exact) mass is 217 g/mol. The van der Waals surface area contributed by atoms with Gasteiger partial charge in [0.15, 0.2) is 0 Å². The fourth-order valence-corrected chi connectivity index (χ4v) is 1.61. The molecule has 4 nitrogen and oxygen atoms in total. The van der Waals surface area contributed by atoms with Crippen molar-refractivity contribution in [1.82, 2.24) is 15.5 Å². The van der Waals surface area contributed by atoms with Crippen LogP contribution in [0.5, 0.6) is 0 Å². The molecule has 0 amide bonds. The number of piperidine rings is 1. The van der Waals surface area contributed by atoms with Gasteiger partial charge in [-0.1, -0.05) is 13.3 Å². The van der Waals surface area contributed by atoms with Crippen molar-refractivity contribution >= 4 is 12.4 Å². The van der Waals surface area contributed by atoms with Crippen molar-refractivity contribution in [2.75, 3.05) is 6.54 Å². The van der Waals surface area contributed by atoms with Gasteiger partial charge in [0.25, 0.3) is 0 Å². The second-order valence-corrected chi connectivity index (χ2v) is 3.39. The molecule has 14 heavy (non-hydrogen) atoms. The maximum atomic E-state index is 5.49. The molecule has 0 saturated carbocycles. The Kier molecular flexibility index (Phi) is 4.35. The first-order chi connectivity index (χ1) is 6.40. The van der Waals surface area contributed by atoms with Crippen LogP contribution in [0, 0.1) is 0 Å². The van der Waals surface area contributed by atoms with Gasteiger partial charge in [0.05, 0.1) is 6.04 Å². The van der Waals surface area contributed by atoms with E-state index in [1.165, 1.54) is 12.8 Å². The lowest BCUT2D eigenvalue weighted by atomic mass is 10.1. The molecule has 0 spiro atoms. The van der Waals surface area contributed by atoms with Gasteiger partial charge >= 0.3 is 0 Å². The van der Waals surface area contributed by atoms with E-state index < -0.39 is 0 Å². The van der Waals surface area contributed by atoms with Crippen molar-refractivity contribution in [3.63, 3.8) is 0 Å². The van der Waals surface area contributed by atoms with E-state index in [0.717, 1.165) is 31.2 Å². The van der Waals surface area contributed by atoms with E-state index in [2.05, 4.69) is 15.5 Å². The van der Waals surface area contributed by atoms with Gasteiger partial charge in [0.2, 0.25) is 11.8 Å². The first-order valence-corrected chi connectivity index (χ1v) is 4.96. The fourth-order valence-electron chi connectivity index (χ4n) is 1.61. The zero-order valence-electron chi connectivity index (χ0n) is 8.32. The Bertz CT molecular complexity index is 271. The molecule has 1 aromatic rings. The molecule has 2 heterocycles. The molecule has 5 heteroatoms. The summed E-state index contributed by atoms with van der Waals surface area (Å²) in [7, 11) is 0. The van der Waals surface area contributed by atoms with Crippen molar-refractivity contribution < 1.29 is 4.42 Å². The highest BCUT2D eigenvalue weighted by Crippen LogP contribution is 2.21. The molecular weight excluding hydrogens is 202 g/mol. The minimum Gasteiger partial charge on any atom is -0.424 e. The molecule has 1 N–H and O–H groups in total. The van der Waals surface area contributed by atoms with Crippen LogP contribution in [0.15, 0.2) is 4.42 Å². The van der Waals surface area contributed by atoms with Crippen LogP contribution in [-0.2, 0) is 6.42 Å². The lowest BCUT2D eigenvalue weighted by molar-refractivity contribution is 0.330. The number of aryl methyl sites for hydroxylation is 1. The molecule has 1 aromatic heterocycles. The van der Waals surface area contributed by atoms with Gasteiger partial charge < -0.3 is 9.73 Å². The van der Waals surface area contributed by atoms with E-state index in [9.17, 15) is 0 Å². The Labute approximate surface area is 89.9 Å². The maximum Gasteiger partial charge on any atom is 0.233 e. The Hall–Kier alpha value is -0.610. The summed E-state index contributed by atoms with van der Waals surface area (Å²) < 4.78 is 5.49. The van der Waals surface area contributed by atoms with Gasteiger partial charge in [-0.15, -0.1) is 22.6 Å². The summed E-state index contributed by atoms with van der Waals surface area (Å²) in [6.07, 6.45) is 4.44. The average Bonchev–Trinajstić information content (AvgIpc) is 2.67. The number of nitrogens with zero attached hydrogens (tertiary/aromatic N) is 2. The SMILES string of the molecule is CCc1nnc(C2CCCCN2)o1.Cl. The Morgan fingerprint density at radius 1 is 1.43 bits per heavy atom. The van der Waals surface area contributed by atoms with Gasteiger partial charge in [-0.3, -0.25) is 0 Å². The second kappa shape index (κ2) is 5.32. The average molecular weight is 218 g/mol. The maximum absolute atomic E-state index is 5.49. The minimum atomic E-state index is 0. The van der Waals surface area contributed by atoms with Gasteiger partial charge in [-0.2, -0.15) is 0 Å². The van der Waals surface area contributed by atoms with Crippen LogP contribution in [0.25, 0.3) is 0 Å². The lowest BCUT2D eigenvalue weighted by Gasteiger charge is -2.19. The first kappa shape index (κ1) is 11.5. The zero-order valence-corrected chi connectivity index (χ0v) is 9.14. The molecule has 0 bridgehead atoms. The predicted octanol–water partition coefficient (Wildman–Crippen LogP) is 1.87. The number of hydrogen-bond donors (Lipinski definition) is 1. The molecule has 1 saturated heterocycles. The Morgan fingerprint density at radius 3 is 2.86 bits per heavy atom. The van der Waals surface area contributed by atoms with Gasteiger partial charge in [-0.05, 0) is 19.4 Å². The highest BCUT2D eigenvalue weighted by atomic mass is 35.5. The molecular formula is C9H16ClN3O. The summed E-state index contributed by atoms with van der Waals surface area (Å²) in [5.74, 6) is 1.50. The topological polar surface area (TPSA) is 51.0 Å². The Morgan fingerprint density at radius 2 is 2.29 bits per heavy atom. The minimum absolute atomic E-state index is 0. The number of aromatic nitrogens is 2. The molecule has 80 valence electrons. The molecule has 1 unspecified atom stereocenters. The first-order valence-electron chi connectivity index (χ1n) is 4.96. The van der Waals surface area contributed by atoms with Crippen molar-refractivity contribution in [1.29, 1.82) is 0 Å². The number of hydrogen-bond acceptors (Lipinski definition) is 4. The van der Waals surface area contributed by atoms with E-state index in [1.807, 2.05) is 6.92 Å². The van der Waals surface area contributed by atoms with Crippen molar-refractivity contribution in [2.45, 2.75) is 38.6 Å².